The number of nitrogens with zero attached hydrogens (tertiary/aromatic N) is 3. The molecule has 2 heterocycles. The maximum absolute atomic E-state index is 13.4. The van der Waals surface area contributed by atoms with Gasteiger partial charge in [-0.1, -0.05) is 42.1 Å². The zero-order chi connectivity index (χ0) is 26.0. The van der Waals surface area contributed by atoms with Crippen LogP contribution in [0.5, 0.6) is 11.5 Å². The lowest BCUT2D eigenvalue weighted by Crippen LogP contribution is -2.17. The number of H-pyrrole nitrogens is 1. The summed E-state index contributed by atoms with van der Waals surface area (Å²) in [7, 11) is -0.789. The van der Waals surface area contributed by atoms with Crippen molar-refractivity contribution in [1.82, 2.24) is 20.6 Å². The Labute approximate surface area is 217 Å². The second kappa shape index (κ2) is 10.1. The number of aromatic nitrogens is 4. The summed E-state index contributed by atoms with van der Waals surface area (Å²) in [4.78, 5) is 13.9. The highest BCUT2D eigenvalue weighted by Crippen LogP contribution is 2.41. The first-order chi connectivity index (χ1) is 17.9. The van der Waals surface area contributed by atoms with E-state index in [1.807, 2.05) is 24.3 Å². The van der Waals surface area contributed by atoms with Gasteiger partial charge in [0.1, 0.15) is 11.5 Å². The SMILES string of the molecule is COc1cccc(OC)c1CS(=O)(=O)c1ccc2c(c1)S/C(=C/c1ccc(-c3nn[nH]n3)cc1)C(=O)N2. The number of rotatable bonds is 7. The molecule has 1 aliphatic rings. The molecule has 10 nitrogen and oxygen atoms in total. The summed E-state index contributed by atoms with van der Waals surface area (Å²) in [5, 5.41) is 16.7. The average molecular weight is 536 g/mol. The van der Waals surface area contributed by atoms with E-state index in [9.17, 15) is 13.2 Å². The van der Waals surface area contributed by atoms with Crippen molar-refractivity contribution in [3.05, 3.63) is 76.7 Å². The molecule has 4 aromatic rings. The molecule has 1 aromatic heterocycles. The fourth-order valence-corrected chi connectivity index (χ4v) is 6.30. The molecule has 0 unspecified atom stereocenters. The number of hydrogen-bond donors (Lipinski definition) is 2. The van der Waals surface area contributed by atoms with Gasteiger partial charge in [-0.25, -0.2) is 8.42 Å². The Morgan fingerprint density at radius 1 is 1.00 bits per heavy atom. The summed E-state index contributed by atoms with van der Waals surface area (Å²) in [5.41, 5.74) is 2.56. The molecule has 0 saturated carbocycles. The van der Waals surface area contributed by atoms with Crippen molar-refractivity contribution in [2.75, 3.05) is 19.5 Å². The number of sulfone groups is 1. The molecule has 0 saturated heterocycles. The van der Waals surface area contributed by atoms with Crippen LogP contribution in [0, 0.1) is 0 Å². The van der Waals surface area contributed by atoms with Gasteiger partial charge in [-0.05, 0) is 47.2 Å². The van der Waals surface area contributed by atoms with E-state index < -0.39 is 9.84 Å². The van der Waals surface area contributed by atoms with Gasteiger partial charge >= 0.3 is 0 Å². The van der Waals surface area contributed by atoms with Gasteiger partial charge in [-0.3, -0.25) is 4.79 Å². The molecule has 1 aliphatic heterocycles. The van der Waals surface area contributed by atoms with Gasteiger partial charge in [0, 0.05) is 10.5 Å². The Morgan fingerprint density at radius 2 is 1.73 bits per heavy atom. The highest BCUT2D eigenvalue weighted by Gasteiger charge is 2.26. The maximum Gasteiger partial charge on any atom is 0.262 e. The van der Waals surface area contributed by atoms with Crippen molar-refractivity contribution in [2.24, 2.45) is 0 Å². The highest BCUT2D eigenvalue weighted by molar-refractivity contribution is 8.04. The lowest BCUT2D eigenvalue weighted by Gasteiger charge is -2.20. The number of benzene rings is 3. The summed E-state index contributed by atoms with van der Waals surface area (Å²) in [6.07, 6.45) is 1.74. The standard InChI is InChI=1S/C25H21N5O5S2/c1-34-20-4-3-5-21(35-2)18(20)14-37(32,33)17-10-11-19-22(13-17)36-23(25(31)26-19)12-15-6-8-16(9-7-15)24-27-29-30-28-24/h3-13H,14H2,1-2H3,(H,26,31)(H,27,28,29,30)/b23-12+. The Morgan fingerprint density at radius 3 is 2.38 bits per heavy atom. The van der Waals surface area contributed by atoms with E-state index in [4.69, 9.17) is 9.47 Å². The molecule has 0 spiro atoms. The topological polar surface area (TPSA) is 136 Å². The van der Waals surface area contributed by atoms with E-state index in [1.54, 1.807) is 36.4 Å². The number of thioether (sulfide) groups is 1. The molecule has 5 rings (SSSR count). The quantitative estimate of drug-likeness (QED) is 0.337. The van der Waals surface area contributed by atoms with E-state index in [0.29, 0.717) is 38.4 Å². The van der Waals surface area contributed by atoms with Crippen LogP contribution in [0.4, 0.5) is 5.69 Å². The minimum Gasteiger partial charge on any atom is -0.496 e. The highest BCUT2D eigenvalue weighted by atomic mass is 32.2. The van der Waals surface area contributed by atoms with Crippen molar-refractivity contribution in [1.29, 1.82) is 0 Å². The molecule has 0 aliphatic carbocycles. The van der Waals surface area contributed by atoms with Gasteiger partial charge < -0.3 is 14.8 Å². The summed E-state index contributed by atoms with van der Waals surface area (Å²) < 4.78 is 37.4. The first-order valence-corrected chi connectivity index (χ1v) is 13.5. The predicted molar refractivity (Wildman–Crippen MR) is 139 cm³/mol. The molecule has 12 heteroatoms. The Balaban J connectivity index is 1.42. The van der Waals surface area contributed by atoms with Crippen LogP contribution in [0.2, 0.25) is 0 Å². The van der Waals surface area contributed by atoms with E-state index in [2.05, 4.69) is 25.9 Å². The summed E-state index contributed by atoms with van der Waals surface area (Å²) in [6.45, 7) is 0. The fraction of sp³-hybridized carbons (Fsp3) is 0.120. The van der Waals surface area contributed by atoms with Crippen molar-refractivity contribution < 1.29 is 22.7 Å². The Hall–Kier alpha value is -4.16. The second-order valence-corrected chi connectivity index (χ2v) is 11.1. The second-order valence-electron chi connectivity index (χ2n) is 7.98. The first kappa shape index (κ1) is 24.5. The zero-order valence-corrected chi connectivity index (χ0v) is 21.4. The normalized spacial score (nSPS) is 14.2. The molecular formula is C25H21N5O5S2. The minimum atomic E-state index is -3.75. The zero-order valence-electron chi connectivity index (χ0n) is 19.8. The number of aromatic amines is 1. The number of carbonyl (C=O) groups excluding carboxylic acids is 1. The molecule has 0 fully saturated rings. The number of fused-ring (bicyclic) bond motifs is 1. The monoisotopic (exact) mass is 535 g/mol. The van der Waals surface area contributed by atoms with Crippen LogP contribution in [-0.4, -0.2) is 49.2 Å². The molecular weight excluding hydrogens is 514 g/mol. The number of amides is 1. The lowest BCUT2D eigenvalue weighted by atomic mass is 10.1. The van der Waals surface area contributed by atoms with Crippen LogP contribution >= 0.6 is 11.8 Å². The third kappa shape index (κ3) is 5.06. The van der Waals surface area contributed by atoms with E-state index in [1.165, 1.54) is 32.0 Å². The Kier molecular flexibility index (Phi) is 6.68. The minimum absolute atomic E-state index is 0.131. The predicted octanol–water partition coefficient (Wildman–Crippen LogP) is 3.94. The number of tetrazole rings is 1. The molecule has 0 bridgehead atoms. The van der Waals surface area contributed by atoms with Gasteiger partial charge in [0.25, 0.3) is 5.91 Å². The molecule has 3 aromatic carbocycles. The molecule has 188 valence electrons. The van der Waals surface area contributed by atoms with Crippen molar-refractivity contribution in [3.8, 4) is 22.9 Å². The van der Waals surface area contributed by atoms with Gasteiger partial charge in [-0.2, -0.15) is 5.21 Å². The average Bonchev–Trinajstić information content (AvgIpc) is 3.44. The van der Waals surface area contributed by atoms with E-state index >= 15 is 0 Å². The summed E-state index contributed by atoms with van der Waals surface area (Å²) >= 11 is 1.21. The van der Waals surface area contributed by atoms with Gasteiger partial charge in [-0.15, -0.1) is 10.2 Å². The third-order valence-corrected chi connectivity index (χ3v) is 8.40. The van der Waals surface area contributed by atoms with E-state index in [-0.39, 0.29) is 16.6 Å². The summed E-state index contributed by atoms with van der Waals surface area (Å²) in [6, 6.07) is 17.1. The fourth-order valence-electron chi connectivity index (χ4n) is 3.84. The number of nitrogens with one attached hydrogen (secondary N) is 2. The van der Waals surface area contributed by atoms with Crippen molar-refractivity contribution in [2.45, 2.75) is 15.5 Å². The van der Waals surface area contributed by atoms with E-state index in [0.717, 1.165) is 11.1 Å². The molecule has 0 radical (unpaired) electrons. The van der Waals surface area contributed by atoms with Crippen LogP contribution in [0.3, 0.4) is 0 Å². The number of carbonyl (C=O) groups is 1. The van der Waals surface area contributed by atoms with Crippen LogP contribution in [0.25, 0.3) is 17.5 Å². The van der Waals surface area contributed by atoms with Crippen LogP contribution in [-0.2, 0) is 20.4 Å². The molecule has 0 atom stereocenters. The van der Waals surface area contributed by atoms with Crippen LogP contribution in [0.1, 0.15) is 11.1 Å². The molecule has 1 amide bonds. The molecule has 37 heavy (non-hydrogen) atoms. The van der Waals surface area contributed by atoms with Crippen molar-refractivity contribution >= 4 is 39.3 Å². The Bertz CT molecular complexity index is 1580. The van der Waals surface area contributed by atoms with Crippen molar-refractivity contribution in [3.63, 3.8) is 0 Å². The maximum atomic E-state index is 13.4. The van der Waals surface area contributed by atoms with Crippen LogP contribution < -0.4 is 14.8 Å². The van der Waals surface area contributed by atoms with Gasteiger partial charge in [0.15, 0.2) is 9.84 Å². The lowest BCUT2D eigenvalue weighted by molar-refractivity contribution is -0.112. The van der Waals surface area contributed by atoms with Gasteiger partial charge in [0.2, 0.25) is 5.82 Å². The summed E-state index contributed by atoms with van der Waals surface area (Å²) in [5.74, 6) is 0.758. The number of anilines is 1. The number of ether oxygens (including phenoxy) is 2. The van der Waals surface area contributed by atoms with Gasteiger partial charge in [0.05, 0.1) is 41.0 Å². The smallest absolute Gasteiger partial charge is 0.262 e. The molecule has 2 N–H and O–H groups in total. The first-order valence-electron chi connectivity index (χ1n) is 11.0. The number of methoxy groups -OCH3 is 2. The van der Waals surface area contributed by atoms with Crippen LogP contribution in [0.15, 0.2) is 75.4 Å². The largest absolute Gasteiger partial charge is 0.496 e. The third-order valence-electron chi connectivity index (χ3n) is 5.68. The number of hydrogen-bond acceptors (Lipinski definition) is 9.